The maximum atomic E-state index is 13.2. The second-order valence-electron chi connectivity index (χ2n) is 3.94. The van der Waals surface area contributed by atoms with Crippen LogP contribution in [-0.4, -0.2) is 12.0 Å². The van der Waals surface area contributed by atoms with E-state index in [1.165, 1.54) is 0 Å². The fourth-order valence-corrected chi connectivity index (χ4v) is 1.24. The van der Waals surface area contributed by atoms with Crippen molar-refractivity contribution in [1.82, 2.24) is 0 Å². The molecule has 17 heavy (non-hydrogen) atoms. The fraction of sp³-hybridized carbons (Fsp3) is 0.400. The molecule has 0 heterocycles. The van der Waals surface area contributed by atoms with Crippen LogP contribution in [-0.2, 0) is 6.42 Å². The second-order valence-corrected chi connectivity index (χ2v) is 3.94. The summed E-state index contributed by atoms with van der Waals surface area (Å²) in [4.78, 5) is 0. The summed E-state index contributed by atoms with van der Waals surface area (Å²) in [5, 5.41) is 0. The van der Waals surface area contributed by atoms with Crippen molar-refractivity contribution in [3.8, 4) is 0 Å². The molecule has 7 heteroatoms. The summed E-state index contributed by atoms with van der Waals surface area (Å²) in [5.74, 6) is -7.38. The quantitative estimate of drug-likeness (QED) is 0.503. The van der Waals surface area contributed by atoms with E-state index in [4.69, 9.17) is 5.73 Å². The summed E-state index contributed by atoms with van der Waals surface area (Å²) in [6.07, 6.45) is -3.83. The van der Waals surface area contributed by atoms with E-state index in [0.717, 1.165) is 6.92 Å². The average Bonchev–Trinajstić information content (AvgIpc) is 2.22. The molecule has 0 bridgehead atoms. The molecule has 0 aliphatic heterocycles. The number of hydrogen-bond donors (Lipinski definition) is 1. The Labute approximate surface area is 93.2 Å². The number of hydrogen-bond acceptors (Lipinski definition) is 1. The van der Waals surface area contributed by atoms with Crippen molar-refractivity contribution in [2.45, 2.75) is 25.3 Å². The van der Waals surface area contributed by atoms with Gasteiger partial charge in [0.15, 0.2) is 23.3 Å². The minimum atomic E-state index is -3.02. The van der Waals surface area contributed by atoms with Crippen molar-refractivity contribution in [2.75, 3.05) is 0 Å². The van der Waals surface area contributed by atoms with Gasteiger partial charge in [0.25, 0.3) is 6.43 Å². The lowest BCUT2D eigenvalue weighted by Crippen LogP contribution is -2.46. The summed E-state index contributed by atoms with van der Waals surface area (Å²) < 4.78 is 76.1. The first-order chi connectivity index (χ1) is 7.66. The number of benzene rings is 1. The lowest BCUT2D eigenvalue weighted by atomic mass is 9.94. The van der Waals surface area contributed by atoms with Crippen LogP contribution in [0.5, 0.6) is 0 Å². The van der Waals surface area contributed by atoms with Crippen LogP contribution < -0.4 is 5.73 Å². The highest BCUT2D eigenvalue weighted by molar-refractivity contribution is 5.24. The zero-order valence-electron chi connectivity index (χ0n) is 8.71. The molecule has 0 radical (unpaired) electrons. The van der Waals surface area contributed by atoms with Crippen LogP contribution in [0.3, 0.4) is 0 Å². The molecule has 1 aromatic carbocycles. The maximum absolute atomic E-state index is 13.2. The molecule has 1 aromatic rings. The Balaban J connectivity index is 3.17. The SMILES string of the molecule is CC(N)(Cc1cc(F)c(F)c(F)c1F)C(F)F. The lowest BCUT2D eigenvalue weighted by molar-refractivity contribution is 0.0633. The van der Waals surface area contributed by atoms with E-state index in [9.17, 15) is 26.3 Å². The van der Waals surface area contributed by atoms with Gasteiger partial charge in [0.2, 0.25) is 0 Å². The van der Waals surface area contributed by atoms with E-state index >= 15 is 0 Å². The number of halogens is 6. The highest BCUT2D eigenvalue weighted by Crippen LogP contribution is 2.24. The zero-order chi connectivity index (χ0) is 13.4. The molecule has 0 fully saturated rings. The maximum Gasteiger partial charge on any atom is 0.256 e. The Bertz CT molecular complexity index is 429. The Morgan fingerprint density at radius 2 is 1.65 bits per heavy atom. The molecule has 1 atom stereocenters. The van der Waals surface area contributed by atoms with Crippen LogP contribution in [0.25, 0.3) is 0 Å². The van der Waals surface area contributed by atoms with Crippen LogP contribution in [0.4, 0.5) is 26.3 Å². The van der Waals surface area contributed by atoms with Gasteiger partial charge in [-0.1, -0.05) is 0 Å². The molecule has 0 aliphatic rings. The second kappa shape index (κ2) is 4.56. The van der Waals surface area contributed by atoms with Crippen molar-refractivity contribution in [1.29, 1.82) is 0 Å². The minimum absolute atomic E-state index is 0.321. The van der Waals surface area contributed by atoms with E-state index in [2.05, 4.69) is 0 Å². The van der Waals surface area contributed by atoms with Gasteiger partial charge >= 0.3 is 0 Å². The highest BCUT2D eigenvalue weighted by Gasteiger charge is 2.33. The van der Waals surface area contributed by atoms with E-state index in [1.54, 1.807) is 0 Å². The summed E-state index contributed by atoms with van der Waals surface area (Å²) in [7, 11) is 0. The Kier molecular flexibility index (Phi) is 3.71. The van der Waals surface area contributed by atoms with Crippen LogP contribution in [0.15, 0.2) is 6.07 Å². The standard InChI is InChI=1S/C10H9F6N/c1-10(17,9(15)16)3-4-2-5(11)7(13)8(14)6(4)12/h2,9H,3,17H2,1H3. The summed E-state index contributed by atoms with van der Waals surface area (Å²) >= 11 is 0. The molecule has 96 valence electrons. The molecule has 0 saturated carbocycles. The number of nitrogens with two attached hydrogens (primary N) is 1. The summed E-state index contributed by atoms with van der Waals surface area (Å²) in [5.41, 5.74) is 2.26. The zero-order valence-corrected chi connectivity index (χ0v) is 8.71. The van der Waals surface area contributed by atoms with Crippen LogP contribution in [0.1, 0.15) is 12.5 Å². The first-order valence-electron chi connectivity index (χ1n) is 4.55. The molecule has 0 amide bonds. The monoisotopic (exact) mass is 257 g/mol. The van der Waals surface area contributed by atoms with Crippen LogP contribution in [0.2, 0.25) is 0 Å². The first-order valence-corrected chi connectivity index (χ1v) is 4.55. The van der Waals surface area contributed by atoms with E-state index < -0.39 is 47.2 Å². The van der Waals surface area contributed by atoms with E-state index in [1.807, 2.05) is 0 Å². The molecule has 0 aliphatic carbocycles. The van der Waals surface area contributed by atoms with Gasteiger partial charge in [-0.2, -0.15) is 0 Å². The van der Waals surface area contributed by atoms with Gasteiger partial charge < -0.3 is 5.73 Å². The van der Waals surface area contributed by atoms with Gasteiger partial charge in [0.1, 0.15) is 0 Å². The van der Waals surface area contributed by atoms with Gasteiger partial charge in [0.05, 0.1) is 5.54 Å². The third-order valence-corrected chi connectivity index (χ3v) is 2.25. The van der Waals surface area contributed by atoms with Gasteiger partial charge in [0, 0.05) is 0 Å². The molecule has 0 spiro atoms. The third-order valence-electron chi connectivity index (χ3n) is 2.25. The van der Waals surface area contributed by atoms with Gasteiger partial charge in [-0.25, -0.2) is 26.3 Å². The highest BCUT2D eigenvalue weighted by atomic mass is 19.3. The predicted molar refractivity (Wildman–Crippen MR) is 48.6 cm³/mol. The first kappa shape index (κ1) is 13.8. The topological polar surface area (TPSA) is 26.0 Å². The van der Waals surface area contributed by atoms with Crippen LogP contribution >= 0.6 is 0 Å². The van der Waals surface area contributed by atoms with E-state index in [-0.39, 0.29) is 0 Å². The molecule has 0 saturated heterocycles. The molecular weight excluding hydrogens is 248 g/mol. The Morgan fingerprint density at radius 3 is 2.12 bits per heavy atom. The lowest BCUT2D eigenvalue weighted by Gasteiger charge is -2.23. The number of rotatable bonds is 3. The van der Waals surface area contributed by atoms with Crippen molar-refractivity contribution in [2.24, 2.45) is 5.73 Å². The number of alkyl halides is 2. The molecule has 0 aromatic heterocycles. The molecular formula is C10H9F6N. The third kappa shape index (κ3) is 2.71. The molecule has 2 N–H and O–H groups in total. The summed E-state index contributed by atoms with van der Waals surface area (Å²) in [6, 6.07) is 0.321. The largest absolute Gasteiger partial charge is 0.320 e. The van der Waals surface area contributed by atoms with Gasteiger partial charge in [-0.05, 0) is 25.0 Å². The predicted octanol–water partition coefficient (Wildman–Crippen LogP) is 2.77. The molecule has 1 nitrogen and oxygen atoms in total. The average molecular weight is 257 g/mol. The molecule has 1 unspecified atom stereocenters. The van der Waals surface area contributed by atoms with Crippen LogP contribution in [0, 0.1) is 23.3 Å². The van der Waals surface area contributed by atoms with Gasteiger partial charge in [-0.3, -0.25) is 0 Å². The smallest absolute Gasteiger partial charge is 0.256 e. The van der Waals surface area contributed by atoms with Gasteiger partial charge in [-0.15, -0.1) is 0 Å². The van der Waals surface area contributed by atoms with Crippen molar-refractivity contribution >= 4 is 0 Å². The van der Waals surface area contributed by atoms with E-state index in [0.29, 0.717) is 6.07 Å². The fourth-order valence-electron chi connectivity index (χ4n) is 1.24. The van der Waals surface area contributed by atoms with Crippen molar-refractivity contribution in [3.05, 3.63) is 34.9 Å². The normalized spacial score (nSPS) is 15.1. The minimum Gasteiger partial charge on any atom is -0.320 e. The molecule has 1 rings (SSSR count). The van der Waals surface area contributed by atoms with Crippen molar-refractivity contribution in [3.63, 3.8) is 0 Å². The summed E-state index contributed by atoms with van der Waals surface area (Å²) in [6.45, 7) is 0.899. The Hall–Kier alpha value is -1.24. The van der Waals surface area contributed by atoms with Crippen molar-refractivity contribution < 1.29 is 26.3 Å². The Morgan fingerprint density at radius 1 is 1.12 bits per heavy atom.